The largest absolute Gasteiger partial charge is 0.350 e. The molecule has 1 aliphatic heterocycles. The smallest absolute Gasteiger partial charge is 0.255 e. The highest BCUT2D eigenvalue weighted by Gasteiger charge is 2.43. The zero-order chi connectivity index (χ0) is 23.8. The molecule has 1 unspecified atom stereocenters. The Balaban J connectivity index is 1.61. The van der Waals surface area contributed by atoms with Crippen LogP contribution in [-0.4, -0.2) is 31.4 Å². The van der Waals surface area contributed by atoms with Crippen LogP contribution in [0.25, 0.3) is 0 Å². The molecule has 2 amide bonds. The molecule has 170 valence electrons. The van der Waals surface area contributed by atoms with Crippen LogP contribution < -0.4 is 5.32 Å². The molecule has 6 nitrogen and oxygen atoms in total. The summed E-state index contributed by atoms with van der Waals surface area (Å²) in [6.45, 7) is 1.96. The van der Waals surface area contributed by atoms with Crippen LogP contribution in [0.2, 0.25) is 0 Å². The lowest BCUT2D eigenvalue weighted by atomic mass is 10.0. The minimum absolute atomic E-state index is 0.131. The third-order valence-corrected chi connectivity index (χ3v) is 6.95. The summed E-state index contributed by atoms with van der Waals surface area (Å²) in [5.74, 6) is -1.30. The highest BCUT2D eigenvalue weighted by Crippen LogP contribution is 2.40. The van der Waals surface area contributed by atoms with Crippen molar-refractivity contribution in [3.63, 3.8) is 0 Å². The predicted octanol–water partition coefficient (Wildman–Crippen LogP) is 3.80. The lowest BCUT2D eigenvalue weighted by Gasteiger charge is -2.31. The molecular formula is C25H23FN2O4S. The molecule has 0 bridgehead atoms. The van der Waals surface area contributed by atoms with E-state index in [4.69, 9.17) is 0 Å². The Bertz CT molecular complexity index is 1310. The number of benzene rings is 3. The number of nitrogens with one attached hydrogen (secondary N) is 1. The van der Waals surface area contributed by atoms with Crippen LogP contribution in [0.5, 0.6) is 0 Å². The van der Waals surface area contributed by atoms with Crippen LogP contribution in [0.15, 0.2) is 77.7 Å². The highest BCUT2D eigenvalue weighted by molar-refractivity contribution is 7.90. The first kappa shape index (κ1) is 22.7. The monoisotopic (exact) mass is 466 g/mol. The van der Waals surface area contributed by atoms with Crippen LogP contribution in [0.4, 0.5) is 4.39 Å². The first-order valence-electron chi connectivity index (χ1n) is 10.4. The normalized spacial score (nSPS) is 16.4. The summed E-state index contributed by atoms with van der Waals surface area (Å²) < 4.78 is 37.3. The van der Waals surface area contributed by atoms with Crippen molar-refractivity contribution in [3.05, 3.63) is 101 Å². The number of nitrogens with zero attached hydrogens (tertiary/aromatic N) is 1. The molecule has 0 saturated heterocycles. The zero-order valence-electron chi connectivity index (χ0n) is 18.2. The molecule has 8 heteroatoms. The van der Waals surface area contributed by atoms with Crippen LogP contribution in [-0.2, 0) is 21.2 Å². The van der Waals surface area contributed by atoms with Crippen molar-refractivity contribution in [2.45, 2.75) is 30.4 Å². The second-order valence-electron chi connectivity index (χ2n) is 8.07. The summed E-state index contributed by atoms with van der Waals surface area (Å²) in [4.78, 5) is 28.2. The van der Waals surface area contributed by atoms with Crippen molar-refractivity contribution in [1.82, 2.24) is 10.2 Å². The quantitative estimate of drug-likeness (QED) is 0.599. The Kier molecular flexibility index (Phi) is 6.03. The Labute approximate surface area is 192 Å². The molecule has 3 aromatic carbocycles. The fourth-order valence-electron chi connectivity index (χ4n) is 4.06. The average molecular weight is 467 g/mol. The molecule has 33 heavy (non-hydrogen) atoms. The number of hydrogen-bond donors (Lipinski definition) is 1. The number of halogens is 1. The molecule has 0 saturated carbocycles. The molecule has 0 fully saturated rings. The SMILES string of the molecule is C[C@H](c1ccccc1)N1C(=O)c2ccc(F)cc2C1C(=O)NCc1ccc(S(C)(=O)=O)cc1. The van der Waals surface area contributed by atoms with Crippen LogP contribution in [0.1, 0.15) is 46.1 Å². The van der Waals surface area contributed by atoms with E-state index in [0.29, 0.717) is 16.7 Å². The summed E-state index contributed by atoms with van der Waals surface area (Å²) in [5.41, 5.74) is 2.18. The minimum atomic E-state index is -3.32. The highest BCUT2D eigenvalue weighted by atomic mass is 32.2. The number of carbonyl (C=O) groups excluding carboxylic acids is 2. The molecule has 0 radical (unpaired) electrons. The van der Waals surface area contributed by atoms with E-state index < -0.39 is 33.6 Å². The molecule has 4 rings (SSSR count). The molecular weight excluding hydrogens is 443 g/mol. The van der Waals surface area contributed by atoms with E-state index in [1.807, 2.05) is 37.3 Å². The van der Waals surface area contributed by atoms with Crippen LogP contribution in [0, 0.1) is 5.82 Å². The van der Waals surface area contributed by atoms with Crippen LogP contribution >= 0.6 is 0 Å². The predicted molar refractivity (Wildman–Crippen MR) is 122 cm³/mol. The van der Waals surface area contributed by atoms with Gasteiger partial charge in [0.25, 0.3) is 5.91 Å². The molecule has 1 aliphatic rings. The lowest BCUT2D eigenvalue weighted by Crippen LogP contribution is -2.40. The van der Waals surface area contributed by atoms with Gasteiger partial charge < -0.3 is 10.2 Å². The van der Waals surface area contributed by atoms with E-state index in [0.717, 1.165) is 11.8 Å². The lowest BCUT2D eigenvalue weighted by molar-refractivity contribution is -0.126. The van der Waals surface area contributed by atoms with Gasteiger partial charge in [-0.05, 0) is 53.9 Å². The Morgan fingerprint density at radius 2 is 1.73 bits per heavy atom. The maximum atomic E-state index is 14.1. The van der Waals surface area contributed by atoms with Gasteiger partial charge >= 0.3 is 0 Å². The van der Waals surface area contributed by atoms with E-state index in [2.05, 4.69) is 5.32 Å². The van der Waals surface area contributed by atoms with Gasteiger partial charge in [-0.1, -0.05) is 42.5 Å². The van der Waals surface area contributed by atoms with E-state index >= 15 is 0 Å². The Morgan fingerprint density at radius 3 is 2.36 bits per heavy atom. The summed E-state index contributed by atoms with van der Waals surface area (Å²) in [6.07, 6.45) is 1.12. The van der Waals surface area contributed by atoms with Crippen molar-refractivity contribution in [2.24, 2.45) is 0 Å². The summed E-state index contributed by atoms with van der Waals surface area (Å²) >= 11 is 0. The number of hydrogen-bond acceptors (Lipinski definition) is 4. The average Bonchev–Trinajstić information content (AvgIpc) is 3.08. The van der Waals surface area contributed by atoms with Gasteiger partial charge in [0.1, 0.15) is 11.9 Å². The second kappa shape index (κ2) is 8.78. The molecule has 3 aromatic rings. The molecule has 0 aromatic heterocycles. The minimum Gasteiger partial charge on any atom is -0.350 e. The number of amides is 2. The molecule has 0 aliphatic carbocycles. The second-order valence-corrected chi connectivity index (χ2v) is 10.1. The standard InChI is InChI=1S/C25H23FN2O4S/c1-16(18-6-4-3-5-7-18)28-23(22-14-19(26)10-13-21(22)25(28)30)24(29)27-15-17-8-11-20(12-9-17)33(2,31)32/h3-14,16,23H,15H2,1-2H3,(H,27,29)/t16-,23?/m1/s1. The van der Waals surface area contributed by atoms with Gasteiger partial charge in [0.05, 0.1) is 10.9 Å². The maximum absolute atomic E-state index is 14.1. The van der Waals surface area contributed by atoms with Gasteiger partial charge in [-0.3, -0.25) is 9.59 Å². The van der Waals surface area contributed by atoms with Crippen molar-refractivity contribution in [1.29, 1.82) is 0 Å². The third-order valence-electron chi connectivity index (χ3n) is 5.82. The number of rotatable bonds is 6. The number of fused-ring (bicyclic) bond motifs is 1. The fourth-order valence-corrected chi connectivity index (χ4v) is 4.69. The van der Waals surface area contributed by atoms with Gasteiger partial charge in [0, 0.05) is 18.4 Å². The Morgan fingerprint density at radius 1 is 1.06 bits per heavy atom. The number of sulfone groups is 1. The van der Waals surface area contributed by atoms with Gasteiger partial charge in [-0.2, -0.15) is 0 Å². The van der Waals surface area contributed by atoms with E-state index in [1.165, 1.54) is 35.2 Å². The van der Waals surface area contributed by atoms with Crippen molar-refractivity contribution in [2.75, 3.05) is 6.26 Å². The van der Waals surface area contributed by atoms with Gasteiger partial charge in [0.15, 0.2) is 9.84 Å². The Hall–Kier alpha value is -3.52. The van der Waals surface area contributed by atoms with Crippen molar-refractivity contribution in [3.8, 4) is 0 Å². The third kappa shape index (κ3) is 4.52. The summed E-state index contributed by atoms with van der Waals surface area (Å²) in [5, 5.41) is 2.81. The van der Waals surface area contributed by atoms with E-state index in [9.17, 15) is 22.4 Å². The van der Waals surface area contributed by atoms with Crippen molar-refractivity contribution < 1.29 is 22.4 Å². The van der Waals surface area contributed by atoms with E-state index in [-0.39, 0.29) is 17.3 Å². The van der Waals surface area contributed by atoms with E-state index in [1.54, 1.807) is 12.1 Å². The fraction of sp³-hybridized carbons (Fsp3) is 0.200. The van der Waals surface area contributed by atoms with Gasteiger partial charge in [-0.15, -0.1) is 0 Å². The van der Waals surface area contributed by atoms with Crippen LogP contribution in [0.3, 0.4) is 0 Å². The summed E-state index contributed by atoms with van der Waals surface area (Å²) in [7, 11) is -3.32. The first-order valence-corrected chi connectivity index (χ1v) is 12.3. The molecule has 1 N–H and O–H groups in total. The van der Waals surface area contributed by atoms with Crippen molar-refractivity contribution >= 4 is 21.7 Å². The molecule has 0 spiro atoms. The zero-order valence-corrected chi connectivity index (χ0v) is 19.0. The first-order chi connectivity index (χ1) is 15.7. The summed E-state index contributed by atoms with van der Waals surface area (Å²) in [6, 6.07) is 18.0. The molecule has 1 heterocycles. The van der Waals surface area contributed by atoms with Gasteiger partial charge in [-0.25, -0.2) is 12.8 Å². The number of carbonyl (C=O) groups is 2. The topological polar surface area (TPSA) is 83.6 Å². The van der Waals surface area contributed by atoms with Gasteiger partial charge in [0.2, 0.25) is 5.91 Å². The molecule has 2 atom stereocenters. The maximum Gasteiger partial charge on any atom is 0.255 e.